The molecule has 2 heterocycles. The Labute approximate surface area is 107 Å². The second-order valence-electron chi connectivity index (χ2n) is 3.87. The molecule has 100 valence electrons. The van der Waals surface area contributed by atoms with Gasteiger partial charge in [0.1, 0.15) is 0 Å². The van der Waals surface area contributed by atoms with Crippen molar-refractivity contribution in [1.82, 2.24) is 19.7 Å². The number of H-pyrrole nitrogens is 1. The maximum atomic E-state index is 12.0. The molecule has 0 aliphatic rings. The van der Waals surface area contributed by atoms with Crippen molar-refractivity contribution in [3.05, 3.63) is 32.6 Å². The fourth-order valence-electron chi connectivity index (χ4n) is 1.70. The number of carbonyl (C=O) groups excluding carboxylic acids is 1. The van der Waals surface area contributed by atoms with E-state index in [1.807, 2.05) is 0 Å². The van der Waals surface area contributed by atoms with Crippen LogP contribution in [0.1, 0.15) is 12.5 Å². The van der Waals surface area contributed by atoms with Crippen LogP contribution in [0.25, 0.3) is 11.0 Å². The average Bonchev–Trinajstić information content (AvgIpc) is 2.36. The smallest absolute Gasteiger partial charge is 0.329 e. The largest absolute Gasteiger partial charge is 0.466 e. The van der Waals surface area contributed by atoms with Crippen LogP contribution in [0.2, 0.25) is 0 Å². The maximum absolute atomic E-state index is 12.0. The molecule has 0 aromatic carbocycles. The molecule has 0 unspecified atom stereocenters. The van der Waals surface area contributed by atoms with E-state index < -0.39 is 17.2 Å². The van der Waals surface area contributed by atoms with Crippen LogP contribution in [-0.4, -0.2) is 32.3 Å². The SMILES string of the molecule is CCOC(=O)Cc1cnnc2[nH]c(=O)n(C)c(=O)c12. The third-order valence-corrected chi connectivity index (χ3v) is 2.62. The van der Waals surface area contributed by atoms with Gasteiger partial charge in [-0.1, -0.05) is 0 Å². The highest BCUT2D eigenvalue weighted by Gasteiger charge is 2.14. The Hall–Kier alpha value is -2.51. The number of ether oxygens (including phenoxy) is 1. The van der Waals surface area contributed by atoms with Crippen molar-refractivity contribution in [2.75, 3.05) is 6.61 Å². The van der Waals surface area contributed by atoms with Crippen LogP contribution < -0.4 is 11.2 Å². The Kier molecular flexibility index (Phi) is 3.41. The molecule has 19 heavy (non-hydrogen) atoms. The number of aromatic amines is 1. The topological polar surface area (TPSA) is 107 Å². The van der Waals surface area contributed by atoms with E-state index in [-0.39, 0.29) is 24.1 Å². The summed E-state index contributed by atoms with van der Waals surface area (Å²) in [5.41, 5.74) is -0.664. The zero-order valence-electron chi connectivity index (χ0n) is 10.5. The molecule has 2 aromatic heterocycles. The number of carbonyl (C=O) groups is 1. The van der Waals surface area contributed by atoms with Gasteiger partial charge in [0.25, 0.3) is 5.56 Å². The first-order valence-corrected chi connectivity index (χ1v) is 5.63. The van der Waals surface area contributed by atoms with E-state index in [9.17, 15) is 14.4 Å². The summed E-state index contributed by atoms with van der Waals surface area (Å²) >= 11 is 0. The van der Waals surface area contributed by atoms with Crippen molar-refractivity contribution in [3.63, 3.8) is 0 Å². The summed E-state index contributed by atoms with van der Waals surface area (Å²) in [6.07, 6.45) is 1.22. The molecule has 0 saturated carbocycles. The predicted molar refractivity (Wildman–Crippen MR) is 65.7 cm³/mol. The van der Waals surface area contributed by atoms with Gasteiger partial charge >= 0.3 is 11.7 Å². The van der Waals surface area contributed by atoms with Crippen LogP contribution in [0, 0.1) is 0 Å². The molecule has 1 N–H and O–H groups in total. The Morgan fingerprint density at radius 3 is 2.89 bits per heavy atom. The molecule has 0 aliphatic heterocycles. The lowest BCUT2D eigenvalue weighted by Crippen LogP contribution is -2.33. The second-order valence-corrected chi connectivity index (χ2v) is 3.87. The van der Waals surface area contributed by atoms with Gasteiger partial charge in [0.15, 0.2) is 5.65 Å². The number of rotatable bonds is 3. The Morgan fingerprint density at radius 1 is 1.47 bits per heavy atom. The third-order valence-electron chi connectivity index (χ3n) is 2.62. The van der Waals surface area contributed by atoms with E-state index in [2.05, 4.69) is 15.2 Å². The van der Waals surface area contributed by atoms with Gasteiger partial charge in [0.05, 0.1) is 24.6 Å². The quantitative estimate of drug-likeness (QED) is 0.721. The van der Waals surface area contributed by atoms with Crippen LogP contribution in [0.15, 0.2) is 15.8 Å². The fourth-order valence-corrected chi connectivity index (χ4v) is 1.70. The number of nitrogens with zero attached hydrogens (tertiary/aromatic N) is 3. The summed E-state index contributed by atoms with van der Waals surface area (Å²) in [4.78, 5) is 37.4. The minimum atomic E-state index is -0.583. The molecule has 8 heteroatoms. The summed E-state index contributed by atoms with van der Waals surface area (Å²) in [5, 5.41) is 7.52. The van der Waals surface area contributed by atoms with E-state index >= 15 is 0 Å². The highest BCUT2D eigenvalue weighted by Crippen LogP contribution is 2.09. The molecule has 0 atom stereocenters. The van der Waals surface area contributed by atoms with Gasteiger partial charge in [-0.05, 0) is 12.5 Å². The number of nitrogens with one attached hydrogen (secondary N) is 1. The molecular weight excluding hydrogens is 252 g/mol. The molecule has 0 spiro atoms. The van der Waals surface area contributed by atoms with E-state index in [4.69, 9.17) is 4.74 Å². The number of fused-ring (bicyclic) bond motifs is 1. The monoisotopic (exact) mass is 264 g/mol. The van der Waals surface area contributed by atoms with Crippen LogP contribution in [0.3, 0.4) is 0 Å². The zero-order chi connectivity index (χ0) is 14.0. The van der Waals surface area contributed by atoms with Crippen LogP contribution >= 0.6 is 0 Å². The van der Waals surface area contributed by atoms with Crippen molar-refractivity contribution in [2.45, 2.75) is 13.3 Å². The van der Waals surface area contributed by atoms with Crippen molar-refractivity contribution < 1.29 is 9.53 Å². The minimum absolute atomic E-state index is 0.0647. The third kappa shape index (κ3) is 2.37. The Morgan fingerprint density at radius 2 is 2.21 bits per heavy atom. The van der Waals surface area contributed by atoms with Crippen molar-refractivity contribution in [1.29, 1.82) is 0 Å². The molecule has 8 nitrogen and oxygen atoms in total. The van der Waals surface area contributed by atoms with Crippen molar-refractivity contribution in [3.8, 4) is 0 Å². The van der Waals surface area contributed by atoms with Gasteiger partial charge < -0.3 is 4.74 Å². The van der Waals surface area contributed by atoms with Gasteiger partial charge in [0, 0.05) is 7.05 Å². The standard InChI is InChI=1S/C11H12N4O4/c1-3-19-7(16)4-6-5-12-14-9-8(6)10(17)15(2)11(18)13-9/h5H,3-4H2,1-2H3,(H,13,14,18). The second kappa shape index (κ2) is 5.01. The molecule has 2 aromatic rings. The molecule has 0 radical (unpaired) electrons. The number of aromatic nitrogens is 4. The normalized spacial score (nSPS) is 10.6. The average molecular weight is 264 g/mol. The van der Waals surface area contributed by atoms with Gasteiger partial charge in [-0.15, -0.1) is 5.10 Å². The molecular formula is C11H12N4O4. The van der Waals surface area contributed by atoms with E-state index in [0.717, 1.165) is 4.57 Å². The Balaban J connectivity index is 2.63. The predicted octanol–water partition coefficient (Wildman–Crippen LogP) is -0.878. The number of hydrogen-bond donors (Lipinski definition) is 1. The van der Waals surface area contributed by atoms with Gasteiger partial charge in [-0.2, -0.15) is 5.10 Å². The zero-order valence-corrected chi connectivity index (χ0v) is 10.5. The first kappa shape index (κ1) is 12.9. The summed E-state index contributed by atoms with van der Waals surface area (Å²) in [6.45, 7) is 1.95. The maximum Gasteiger partial charge on any atom is 0.329 e. The number of hydrogen-bond acceptors (Lipinski definition) is 6. The lowest BCUT2D eigenvalue weighted by Gasteiger charge is -2.05. The first-order valence-electron chi connectivity index (χ1n) is 5.63. The fraction of sp³-hybridized carbons (Fsp3) is 0.364. The van der Waals surface area contributed by atoms with Gasteiger partial charge in [-0.3, -0.25) is 19.1 Å². The molecule has 0 bridgehead atoms. The van der Waals surface area contributed by atoms with E-state index in [1.165, 1.54) is 13.2 Å². The first-order chi connectivity index (χ1) is 9.04. The lowest BCUT2D eigenvalue weighted by atomic mass is 10.1. The summed E-state index contributed by atoms with van der Waals surface area (Å²) in [5.74, 6) is -0.468. The highest BCUT2D eigenvalue weighted by molar-refractivity contribution is 5.82. The number of esters is 1. The van der Waals surface area contributed by atoms with Gasteiger partial charge in [-0.25, -0.2) is 4.79 Å². The van der Waals surface area contributed by atoms with Crippen LogP contribution in [0.5, 0.6) is 0 Å². The van der Waals surface area contributed by atoms with Crippen LogP contribution in [0.4, 0.5) is 0 Å². The minimum Gasteiger partial charge on any atom is -0.466 e. The Bertz CT molecular complexity index is 746. The van der Waals surface area contributed by atoms with E-state index in [1.54, 1.807) is 6.92 Å². The van der Waals surface area contributed by atoms with E-state index in [0.29, 0.717) is 5.56 Å². The van der Waals surface area contributed by atoms with Crippen LogP contribution in [-0.2, 0) is 23.0 Å². The molecule has 2 rings (SSSR count). The van der Waals surface area contributed by atoms with Crippen molar-refractivity contribution in [2.24, 2.45) is 7.05 Å². The van der Waals surface area contributed by atoms with Crippen molar-refractivity contribution >= 4 is 17.0 Å². The molecule has 0 saturated heterocycles. The molecule has 0 fully saturated rings. The highest BCUT2D eigenvalue weighted by atomic mass is 16.5. The van der Waals surface area contributed by atoms with Gasteiger partial charge in [0.2, 0.25) is 0 Å². The molecule has 0 aliphatic carbocycles. The molecule has 0 amide bonds. The summed E-state index contributed by atoms with van der Waals surface area (Å²) in [6, 6.07) is 0. The summed E-state index contributed by atoms with van der Waals surface area (Å²) < 4.78 is 5.74. The summed E-state index contributed by atoms with van der Waals surface area (Å²) in [7, 11) is 1.34. The lowest BCUT2D eigenvalue weighted by molar-refractivity contribution is -0.142.